The van der Waals surface area contributed by atoms with Crippen LogP contribution in [0.1, 0.15) is 26.7 Å². The third kappa shape index (κ3) is 5.01. The molecule has 2 aliphatic rings. The van der Waals surface area contributed by atoms with Gasteiger partial charge in [0.25, 0.3) is 0 Å². The zero-order valence-electron chi connectivity index (χ0n) is 13.7. The van der Waals surface area contributed by atoms with Crippen molar-refractivity contribution in [3.63, 3.8) is 0 Å². The molecule has 0 unspecified atom stereocenters. The monoisotopic (exact) mass is 289 g/mol. The van der Waals surface area contributed by atoms with Crippen molar-refractivity contribution in [1.82, 2.24) is 10.2 Å². The first-order chi connectivity index (χ1) is 10.4. The second-order valence-corrected chi connectivity index (χ2v) is 5.82. The summed E-state index contributed by atoms with van der Waals surface area (Å²) in [7, 11) is 0. The Kier molecular flexibility index (Phi) is 7.04. The van der Waals surface area contributed by atoms with E-state index in [0.29, 0.717) is 0 Å². The average Bonchev–Trinajstić information content (AvgIpc) is 2.59. The maximum Gasteiger partial charge on any atom is 0.0366 e. The minimum atomic E-state index is 0.901. The lowest BCUT2D eigenvalue weighted by molar-refractivity contribution is 0.190. The topological polar surface area (TPSA) is 18.5 Å². The van der Waals surface area contributed by atoms with Crippen LogP contribution < -0.4 is 10.2 Å². The molecular formula is C18H31N3. The molecule has 3 heteroatoms. The predicted octanol–water partition coefficient (Wildman–Crippen LogP) is 2.83. The molecule has 0 aliphatic carbocycles. The first-order valence-electron chi connectivity index (χ1n) is 8.65. The van der Waals surface area contributed by atoms with E-state index in [2.05, 4.69) is 45.4 Å². The lowest BCUT2D eigenvalue weighted by Gasteiger charge is -2.37. The summed E-state index contributed by atoms with van der Waals surface area (Å²) in [6, 6.07) is 10.8. The molecule has 21 heavy (non-hydrogen) atoms. The van der Waals surface area contributed by atoms with Gasteiger partial charge in [-0.05, 0) is 30.9 Å². The highest BCUT2D eigenvalue weighted by atomic mass is 15.2. The minimum Gasteiger partial charge on any atom is -0.372 e. The Labute approximate surface area is 130 Å². The molecule has 0 atom stereocenters. The molecule has 2 fully saturated rings. The van der Waals surface area contributed by atoms with Gasteiger partial charge in [-0.1, -0.05) is 32.0 Å². The molecule has 0 radical (unpaired) electrons. The number of benzene rings is 1. The predicted molar refractivity (Wildman–Crippen MR) is 92.0 cm³/mol. The second-order valence-electron chi connectivity index (χ2n) is 5.82. The molecule has 1 aromatic carbocycles. The Balaban J connectivity index is 0.000000774. The maximum atomic E-state index is 3.43. The number of hydrogen-bond donors (Lipinski definition) is 1. The van der Waals surface area contributed by atoms with Crippen LogP contribution in [0.4, 0.5) is 5.69 Å². The highest BCUT2D eigenvalue weighted by Crippen LogP contribution is 2.23. The smallest absolute Gasteiger partial charge is 0.0366 e. The van der Waals surface area contributed by atoms with Gasteiger partial charge in [0, 0.05) is 51.5 Å². The summed E-state index contributed by atoms with van der Waals surface area (Å²) in [6.07, 6.45) is 2.69. The van der Waals surface area contributed by atoms with E-state index in [1.807, 2.05) is 13.8 Å². The number of piperidine rings is 1. The normalized spacial score (nSPS) is 20.8. The molecule has 3 rings (SSSR count). The van der Waals surface area contributed by atoms with E-state index in [1.54, 1.807) is 0 Å². The molecule has 118 valence electrons. The fourth-order valence-corrected chi connectivity index (χ4v) is 3.27. The van der Waals surface area contributed by atoms with Crippen LogP contribution in [-0.4, -0.2) is 50.7 Å². The second kappa shape index (κ2) is 9.06. The summed E-state index contributed by atoms with van der Waals surface area (Å²) in [5.74, 6) is 0.901. The average molecular weight is 289 g/mol. The van der Waals surface area contributed by atoms with Crippen molar-refractivity contribution >= 4 is 5.69 Å². The van der Waals surface area contributed by atoms with Gasteiger partial charge in [0.1, 0.15) is 0 Å². The van der Waals surface area contributed by atoms with Crippen LogP contribution in [0.2, 0.25) is 0 Å². The van der Waals surface area contributed by atoms with Gasteiger partial charge in [-0.2, -0.15) is 0 Å². The zero-order valence-corrected chi connectivity index (χ0v) is 13.7. The van der Waals surface area contributed by atoms with Crippen molar-refractivity contribution in [3.8, 4) is 0 Å². The molecule has 1 aromatic rings. The lowest BCUT2D eigenvalue weighted by atomic mass is 9.95. The number of para-hydroxylation sites is 1. The maximum absolute atomic E-state index is 3.43. The molecule has 2 heterocycles. The number of anilines is 1. The Morgan fingerprint density at radius 1 is 0.952 bits per heavy atom. The minimum absolute atomic E-state index is 0.901. The van der Waals surface area contributed by atoms with Crippen LogP contribution >= 0.6 is 0 Å². The highest BCUT2D eigenvalue weighted by Gasteiger charge is 2.22. The summed E-state index contributed by atoms with van der Waals surface area (Å²) in [5, 5.41) is 3.43. The van der Waals surface area contributed by atoms with Gasteiger partial charge in [-0.3, -0.25) is 0 Å². The molecule has 0 aromatic heterocycles. The molecule has 0 bridgehead atoms. The van der Waals surface area contributed by atoms with Gasteiger partial charge in [0.05, 0.1) is 0 Å². The van der Waals surface area contributed by atoms with E-state index in [4.69, 9.17) is 0 Å². The van der Waals surface area contributed by atoms with E-state index in [1.165, 1.54) is 64.3 Å². The Morgan fingerprint density at radius 3 is 2.19 bits per heavy atom. The third-order valence-electron chi connectivity index (χ3n) is 4.46. The van der Waals surface area contributed by atoms with Gasteiger partial charge in [0.2, 0.25) is 0 Å². The van der Waals surface area contributed by atoms with Gasteiger partial charge in [0.15, 0.2) is 0 Å². The molecule has 0 amide bonds. The molecule has 3 nitrogen and oxygen atoms in total. The highest BCUT2D eigenvalue weighted by molar-refractivity contribution is 5.46. The van der Waals surface area contributed by atoms with E-state index in [0.717, 1.165) is 5.92 Å². The SMILES string of the molecule is CC.c1ccc(N2CCC(CN3CCNCC3)CC2)cc1. The fourth-order valence-electron chi connectivity index (χ4n) is 3.27. The Bertz CT molecular complexity index is 365. The van der Waals surface area contributed by atoms with Crippen LogP contribution in [0, 0.1) is 5.92 Å². The first-order valence-corrected chi connectivity index (χ1v) is 8.65. The molecular weight excluding hydrogens is 258 g/mol. The molecule has 1 N–H and O–H groups in total. The number of nitrogens with zero attached hydrogens (tertiary/aromatic N) is 2. The third-order valence-corrected chi connectivity index (χ3v) is 4.46. The van der Waals surface area contributed by atoms with Crippen molar-refractivity contribution in [1.29, 1.82) is 0 Å². The van der Waals surface area contributed by atoms with Gasteiger partial charge in [-0.15, -0.1) is 0 Å². The molecule has 0 spiro atoms. The summed E-state index contributed by atoms with van der Waals surface area (Å²) in [4.78, 5) is 5.17. The van der Waals surface area contributed by atoms with Crippen LogP contribution in [0.25, 0.3) is 0 Å². The van der Waals surface area contributed by atoms with Crippen molar-refractivity contribution in [2.24, 2.45) is 5.92 Å². The quantitative estimate of drug-likeness (QED) is 0.923. The standard InChI is InChI=1S/C16H25N3.C2H6/c1-2-4-16(5-3-1)19-10-6-15(7-11-19)14-18-12-8-17-9-13-18;1-2/h1-5,15,17H,6-14H2;1-2H3. The van der Waals surface area contributed by atoms with Crippen LogP contribution in [0.15, 0.2) is 30.3 Å². The van der Waals surface area contributed by atoms with Crippen LogP contribution in [-0.2, 0) is 0 Å². The van der Waals surface area contributed by atoms with Gasteiger partial charge >= 0.3 is 0 Å². The lowest BCUT2D eigenvalue weighted by Crippen LogP contribution is -2.46. The van der Waals surface area contributed by atoms with Crippen molar-refractivity contribution in [3.05, 3.63) is 30.3 Å². The molecule has 2 saturated heterocycles. The number of piperazine rings is 1. The zero-order chi connectivity index (χ0) is 14.9. The first kappa shape index (κ1) is 16.3. The van der Waals surface area contributed by atoms with E-state index < -0.39 is 0 Å². The van der Waals surface area contributed by atoms with E-state index in [-0.39, 0.29) is 0 Å². The number of hydrogen-bond acceptors (Lipinski definition) is 3. The van der Waals surface area contributed by atoms with Crippen LogP contribution in [0.3, 0.4) is 0 Å². The largest absolute Gasteiger partial charge is 0.372 e. The van der Waals surface area contributed by atoms with E-state index >= 15 is 0 Å². The fraction of sp³-hybridized carbons (Fsp3) is 0.667. The van der Waals surface area contributed by atoms with E-state index in [9.17, 15) is 0 Å². The van der Waals surface area contributed by atoms with Crippen molar-refractivity contribution < 1.29 is 0 Å². The Morgan fingerprint density at radius 2 is 1.57 bits per heavy atom. The Hall–Kier alpha value is -1.06. The van der Waals surface area contributed by atoms with Gasteiger partial charge in [-0.25, -0.2) is 0 Å². The number of rotatable bonds is 3. The molecule has 2 aliphatic heterocycles. The van der Waals surface area contributed by atoms with Crippen molar-refractivity contribution in [2.45, 2.75) is 26.7 Å². The van der Waals surface area contributed by atoms with Crippen molar-refractivity contribution in [2.75, 3.05) is 50.7 Å². The summed E-state index contributed by atoms with van der Waals surface area (Å²) < 4.78 is 0. The number of nitrogens with one attached hydrogen (secondary N) is 1. The van der Waals surface area contributed by atoms with Crippen LogP contribution in [0.5, 0.6) is 0 Å². The summed E-state index contributed by atoms with van der Waals surface area (Å²) in [6.45, 7) is 12.6. The molecule has 0 saturated carbocycles. The van der Waals surface area contributed by atoms with Gasteiger partial charge < -0.3 is 15.1 Å². The summed E-state index contributed by atoms with van der Waals surface area (Å²) >= 11 is 0. The summed E-state index contributed by atoms with van der Waals surface area (Å²) in [5.41, 5.74) is 1.39.